The SMILES string of the molecule is CCCCCCCCC(CC)C(=O)OCCN(CCOC(=O)C(CC)CCCCCCCC)C(=O)CN. The van der Waals surface area contributed by atoms with E-state index in [4.69, 9.17) is 15.2 Å². The molecule has 7 heteroatoms. The van der Waals surface area contributed by atoms with Gasteiger partial charge in [0.2, 0.25) is 5.91 Å². The van der Waals surface area contributed by atoms with E-state index in [0.29, 0.717) is 0 Å². The second-order valence-corrected chi connectivity index (χ2v) is 10.2. The van der Waals surface area contributed by atoms with Gasteiger partial charge in [-0.3, -0.25) is 14.4 Å². The molecule has 0 aromatic carbocycles. The van der Waals surface area contributed by atoms with Crippen LogP contribution < -0.4 is 5.73 Å². The predicted molar refractivity (Wildman–Crippen MR) is 151 cm³/mol. The highest BCUT2D eigenvalue weighted by molar-refractivity contribution is 5.78. The second-order valence-electron chi connectivity index (χ2n) is 10.2. The number of carbonyl (C=O) groups excluding carboxylic acids is 3. The van der Waals surface area contributed by atoms with Crippen molar-refractivity contribution < 1.29 is 23.9 Å². The summed E-state index contributed by atoms with van der Waals surface area (Å²) in [5, 5.41) is 0. The predicted octanol–water partition coefficient (Wildman–Crippen LogP) is 6.41. The summed E-state index contributed by atoms with van der Waals surface area (Å²) < 4.78 is 11.0. The molecule has 0 spiro atoms. The number of ether oxygens (including phenoxy) is 2. The van der Waals surface area contributed by atoms with Gasteiger partial charge in [0, 0.05) is 0 Å². The molecule has 0 saturated carbocycles. The van der Waals surface area contributed by atoms with E-state index in [-0.39, 0.29) is 62.5 Å². The van der Waals surface area contributed by atoms with Crippen molar-refractivity contribution in [2.24, 2.45) is 17.6 Å². The van der Waals surface area contributed by atoms with Crippen LogP contribution in [0, 0.1) is 11.8 Å². The normalized spacial score (nSPS) is 12.7. The molecule has 0 radical (unpaired) electrons. The van der Waals surface area contributed by atoms with Crippen molar-refractivity contribution in [1.82, 2.24) is 4.90 Å². The van der Waals surface area contributed by atoms with Crippen LogP contribution in [-0.4, -0.2) is 55.6 Å². The lowest BCUT2D eigenvalue weighted by atomic mass is 9.98. The third kappa shape index (κ3) is 18.3. The minimum atomic E-state index is -0.245. The molecule has 0 rings (SSSR count). The van der Waals surface area contributed by atoms with Crippen LogP contribution in [0.2, 0.25) is 0 Å². The van der Waals surface area contributed by atoms with Crippen molar-refractivity contribution in [3.63, 3.8) is 0 Å². The van der Waals surface area contributed by atoms with E-state index >= 15 is 0 Å². The van der Waals surface area contributed by atoms with Crippen LogP contribution in [-0.2, 0) is 23.9 Å². The number of hydrogen-bond donors (Lipinski definition) is 1. The Morgan fingerprint density at radius 3 is 1.35 bits per heavy atom. The Hall–Kier alpha value is -1.63. The average molecular weight is 527 g/mol. The number of rotatable bonds is 25. The first-order valence-electron chi connectivity index (χ1n) is 15.3. The number of hydrogen-bond acceptors (Lipinski definition) is 6. The van der Waals surface area contributed by atoms with Crippen molar-refractivity contribution in [3.8, 4) is 0 Å². The second kappa shape index (κ2) is 24.7. The molecule has 0 aromatic rings. The van der Waals surface area contributed by atoms with Gasteiger partial charge in [0.1, 0.15) is 13.2 Å². The molecular formula is C30H58N2O5. The fourth-order valence-electron chi connectivity index (χ4n) is 4.56. The van der Waals surface area contributed by atoms with Crippen LogP contribution in [0.25, 0.3) is 0 Å². The number of nitrogens with zero attached hydrogens (tertiary/aromatic N) is 1. The van der Waals surface area contributed by atoms with Crippen molar-refractivity contribution in [3.05, 3.63) is 0 Å². The van der Waals surface area contributed by atoms with Crippen molar-refractivity contribution in [1.29, 1.82) is 0 Å². The molecule has 1 amide bonds. The quantitative estimate of drug-likeness (QED) is 0.109. The van der Waals surface area contributed by atoms with Gasteiger partial charge in [0.05, 0.1) is 31.5 Å². The summed E-state index contributed by atoms with van der Waals surface area (Å²) in [5.41, 5.74) is 5.57. The van der Waals surface area contributed by atoms with Crippen molar-refractivity contribution in [2.75, 3.05) is 32.8 Å². The van der Waals surface area contributed by atoms with E-state index in [1.54, 1.807) is 0 Å². The third-order valence-corrected chi connectivity index (χ3v) is 7.20. The first-order valence-corrected chi connectivity index (χ1v) is 15.3. The minimum absolute atomic E-state index is 0.0941. The molecule has 2 atom stereocenters. The summed E-state index contributed by atoms with van der Waals surface area (Å²) in [5.74, 6) is -0.816. The van der Waals surface area contributed by atoms with Crippen molar-refractivity contribution >= 4 is 17.8 Å². The molecule has 2 N–H and O–H groups in total. The van der Waals surface area contributed by atoms with E-state index in [9.17, 15) is 14.4 Å². The van der Waals surface area contributed by atoms with Gasteiger partial charge in [-0.05, 0) is 25.7 Å². The minimum Gasteiger partial charge on any atom is -0.464 e. The molecule has 0 aromatic heterocycles. The average Bonchev–Trinajstić information content (AvgIpc) is 2.90. The topological polar surface area (TPSA) is 98.9 Å². The Kier molecular flexibility index (Phi) is 23.6. The Morgan fingerprint density at radius 1 is 0.622 bits per heavy atom. The maximum absolute atomic E-state index is 12.5. The third-order valence-electron chi connectivity index (χ3n) is 7.20. The lowest BCUT2D eigenvalue weighted by Crippen LogP contribution is -2.41. The summed E-state index contributed by atoms with van der Waals surface area (Å²) >= 11 is 0. The van der Waals surface area contributed by atoms with Gasteiger partial charge >= 0.3 is 11.9 Å². The van der Waals surface area contributed by atoms with E-state index in [1.165, 1.54) is 56.3 Å². The number of esters is 2. The van der Waals surface area contributed by atoms with E-state index in [2.05, 4.69) is 13.8 Å². The molecule has 37 heavy (non-hydrogen) atoms. The molecule has 0 heterocycles. The number of amides is 1. The molecule has 0 saturated heterocycles. The van der Waals surface area contributed by atoms with Crippen molar-refractivity contribution in [2.45, 2.75) is 130 Å². The first-order chi connectivity index (χ1) is 17.9. The molecule has 0 aliphatic carbocycles. The van der Waals surface area contributed by atoms with Gasteiger partial charge in [-0.25, -0.2) is 0 Å². The molecule has 218 valence electrons. The largest absolute Gasteiger partial charge is 0.464 e. The monoisotopic (exact) mass is 526 g/mol. The number of unbranched alkanes of at least 4 members (excludes halogenated alkanes) is 10. The summed E-state index contributed by atoms with van der Waals surface area (Å²) in [6.45, 7) is 9.06. The Labute approximate surface area is 227 Å². The zero-order chi connectivity index (χ0) is 27.7. The Bertz CT molecular complexity index is 542. The van der Waals surface area contributed by atoms with E-state index < -0.39 is 0 Å². The molecule has 0 aliphatic rings. The van der Waals surface area contributed by atoms with Crippen LogP contribution in [0.3, 0.4) is 0 Å². The summed E-state index contributed by atoms with van der Waals surface area (Å²) in [4.78, 5) is 38.8. The molecule has 0 bridgehead atoms. The molecule has 7 nitrogen and oxygen atoms in total. The lowest BCUT2D eigenvalue weighted by Gasteiger charge is -2.23. The highest BCUT2D eigenvalue weighted by atomic mass is 16.5. The zero-order valence-corrected chi connectivity index (χ0v) is 24.6. The molecule has 0 aliphatic heterocycles. The highest BCUT2D eigenvalue weighted by Crippen LogP contribution is 2.18. The van der Waals surface area contributed by atoms with Gasteiger partial charge in [-0.2, -0.15) is 0 Å². The first kappa shape index (κ1) is 35.4. The van der Waals surface area contributed by atoms with Crippen LogP contribution >= 0.6 is 0 Å². The highest BCUT2D eigenvalue weighted by Gasteiger charge is 2.21. The Balaban J connectivity index is 4.36. The van der Waals surface area contributed by atoms with Gasteiger partial charge in [0.25, 0.3) is 0 Å². The van der Waals surface area contributed by atoms with Crippen LogP contribution in [0.15, 0.2) is 0 Å². The van der Waals surface area contributed by atoms with E-state index in [0.717, 1.165) is 51.4 Å². The molecule has 2 unspecified atom stereocenters. The fourth-order valence-corrected chi connectivity index (χ4v) is 4.56. The van der Waals surface area contributed by atoms with Gasteiger partial charge in [0.15, 0.2) is 0 Å². The maximum Gasteiger partial charge on any atom is 0.308 e. The maximum atomic E-state index is 12.5. The fraction of sp³-hybridized carbons (Fsp3) is 0.900. The number of nitrogens with two attached hydrogens (primary N) is 1. The molecular weight excluding hydrogens is 468 g/mol. The van der Waals surface area contributed by atoms with Gasteiger partial charge in [-0.1, -0.05) is 105 Å². The van der Waals surface area contributed by atoms with Crippen LogP contribution in [0.5, 0.6) is 0 Å². The summed E-state index contributed by atoms with van der Waals surface area (Å²) in [6, 6.07) is 0. The van der Waals surface area contributed by atoms with Gasteiger partial charge < -0.3 is 20.1 Å². The molecule has 0 fully saturated rings. The standard InChI is InChI=1S/C30H58N2O5/c1-5-9-11-13-15-17-19-26(7-3)29(34)36-23-21-32(28(33)25-31)22-24-37-30(35)27(8-4)20-18-16-14-12-10-6-2/h26-27H,5-25,31H2,1-4H3. The van der Waals surface area contributed by atoms with Gasteiger partial charge in [-0.15, -0.1) is 0 Å². The summed E-state index contributed by atoms with van der Waals surface area (Å²) in [6.07, 6.45) is 17.6. The van der Waals surface area contributed by atoms with E-state index in [1.807, 2.05) is 13.8 Å². The van der Waals surface area contributed by atoms with Crippen LogP contribution in [0.1, 0.15) is 130 Å². The Morgan fingerprint density at radius 2 is 1.00 bits per heavy atom. The smallest absolute Gasteiger partial charge is 0.308 e. The number of carbonyl (C=O) groups is 3. The summed E-state index contributed by atoms with van der Waals surface area (Å²) in [7, 11) is 0. The zero-order valence-electron chi connectivity index (χ0n) is 24.6. The van der Waals surface area contributed by atoms with Crippen LogP contribution in [0.4, 0.5) is 0 Å². The lowest BCUT2D eigenvalue weighted by molar-refractivity contribution is -0.152.